The average Bonchev–Trinajstić information content (AvgIpc) is 3.08. The van der Waals surface area contributed by atoms with E-state index in [4.69, 9.17) is 0 Å². The highest BCUT2D eigenvalue weighted by Crippen LogP contribution is 2.31. The molecule has 0 bridgehead atoms. The number of anilines is 2. The van der Waals surface area contributed by atoms with Gasteiger partial charge in [-0.1, -0.05) is 13.0 Å². The Morgan fingerprint density at radius 3 is 2.70 bits per heavy atom. The first-order valence-electron chi connectivity index (χ1n) is 8.30. The summed E-state index contributed by atoms with van der Waals surface area (Å²) in [5, 5.41) is 7.06. The van der Waals surface area contributed by atoms with Crippen LogP contribution < -0.4 is 10.6 Å². The van der Waals surface area contributed by atoms with Crippen molar-refractivity contribution in [1.29, 1.82) is 0 Å². The first kappa shape index (κ1) is 19.2. The van der Waals surface area contributed by atoms with Crippen LogP contribution in [0.3, 0.4) is 0 Å². The van der Waals surface area contributed by atoms with Gasteiger partial charge in [-0.3, -0.25) is 0 Å². The monoisotopic (exact) mass is 393 g/mol. The van der Waals surface area contributed by atoms with Crippen molar-refractivity contribution in [3.8, 4) is 10.4 Å². The van der Waals surface area contributed by atoms with E-state index < -0.39 is 11.9 Å². The fraction of sp³-hybridized carbons (Fsp3) is 0.278. The molecule has 0 radical (unpaired) electrons. The lowest BCUT2D eigenvalue weighted by Crippen LogP contribution is -2.11. The minimum Gasteiger partial charge on any atom is -0.324 e. The van der Waals surface area contributed by atoms with Crippen molar-refractivity contribution < 1.29 is 13.2 Å². The Balaban J connectivity index is 1.85. The van der Waals surface area contributed by atoms with Crippen LogP contribution in [0.1, 0.15) is 23.2 Å². The van der Waals surface area contributed by atoms with Gasteiger partial charge >= 0.3 is 6.18 Å². The standard InChI is InChI=1S/C18H18F3N5S/c1-3-22-10-16-24-9-14(27-16)12-6-11(2)7-13(8-12)25-17-23-5-4-15(26-17)18(19,20)21/h4-9,22H,3,10H2,1-2H3,(H,23,25,26). The van der Waals surface area contributed by atoms with Crippen molar-refractivity contribution in [3.05, 3.63) is 52.9 Å². The maximum atomic E-state index is 12.8. The summed E-state index contributed by atoms with van der Waals surface area (Å²) in [5.74, 6) is -0.0986. The largest absolute Gasteiger partial charge is 0.433 e. The van der Waals surface area contributed by atoms with E-state index in [-0.39, 0.29) is 5.95 Å². The highest BCUT2D eigenvalue weighted by Gasteiger charge is 2.32. The number of nitrogens with zero attached hydrogens (tertiary/aromatic N) is 3. The van der Waals surface area contributed by atoms with Crippen LogP contribution in [0.2, 0.25) is 0 Å². The summed E-state index contributed by atoms with van der Waals surface area (Å²) >= 11 is 1.57. The van der Waals surface area contributed by atoms with Gasteiger partial charge in [0.2, 0.25) is 5.95 Å². The summed E-state index contributed by atoms with van der Waals surface area (Å²) in [6, 6.07) is 6.52. The van der Waals surface area contributed by atoms with E-state index in [0.717, 1.165) is 39.8 Å². The van der Waals surface area contributed by atoms with E-state index in [2.05, 4.69) is 25.6 Å². The molecule has 5 nitrogen and oxygen atoms in total. The van der Waals surface area contributed by atoms with Crippen LogP contribution in [0, 0.1) is 6.92 Å². The molecule has 0 unspecified atom stereocenters. The first-order valence-corrected chi connectivity index (χ1v) is 9.11. The van der Waals surface area contributed by atoms with Crippen molar-refractivity contribution in [1.82, 2.24) is 20.3 Å². The Hall–Kier alpha value is -2.52. The molecular formula is C18H18F3N5S. The molecule has 27 heavy (non-hydrogen) atoms. The Morgan fingerprint density at radius 1 is 1.15 bits per heavy atom. The van der Waals surface area contributed by atoms with Crippen molar-refractivity contribution in [2.24, 2.45) is 0 Å². The van der Waals surface area contributed by atoms with Gasteiger partial charge in [0.1, 0.15) is 10.7 Å². The summed E-state index contributed by atoms with van der Waals surface area (Å²) in [5.41, 5.74) is 1.53. The Kier molecular flexibility index (Phi) is 5.71. The minimum atomic E-state index is -4.51. The first-order chi connectivity index (χ1) is 12.8. The second-order valence-electron chi connectivity index (χ2n) is 5.87. The zero-order chi connectivity index (χ0) is 19.4. The van der Waals surface area contributed by atoms with Gasteiger partial charge in [-0.15, -0.1) is 11.3 Å². The number of thiazole rings is 1. The lowest BCUT2D eigenvalue weighted by molar-refractivity contribution is -0.141. The number of benzene rings is 1. The number of aromatic nitrogens is 3. The van der Waals surface area contributed by atoms with Gasteiger partial charge < -0.3 is 10.6 Å². The molecule has 0 saturated carbocycles. The van der Waals surface area contributed by atoms with Gasteiger partial charge in [-0.25, -0.2) is 15.0 Å². The fourth-order valence-corrected chi connectivity index (χ4v) is 3.34. The van der Waals surface area contributed by atoms with Gasteiger partial charge in [0.25, 0.3) is 0 Å². The molecule has 142 valence electrons. The molecule has 0 saturated heterocycles. The molecule has 0 aliphatic carbocycles. The zero-order valence-electron chi connectivity index (χ0n) is 14.8. The van der Waals surface area contributed by atoms with Gasteiger partial charge in [-0.2, -0.15) is 13.2 Å². The molecule has 0 aliphatic rings. The Labute approximate surface area is 158 Å². The molecular weight excluding hydrogens is 375 g/mol. The van der Waals surface area contributed by atoms with Gasteiger partial charge in [-0.05, 0) is 42.8 Å². The van der Waals surface area contributed by atoms with Gasteiger partial charge in [0.15, 0.2) is 0 Å². The Morgan fingerprint density at radius 2 is 1.96 bits per heavy atom. The van der Waals surface area contributed by atoms with Crippen molar-refractivity contribution in [2.75, 3.05) is 11.9 Å². The summed E-state index contributed by atoms with van der Waals surface area (Å²) in [6.07, 6.45) is -1.62. The third-order valence-electron chi connectivity index (χ3n) is 3.64. The van der Waals surface area contributed by atoms with E-state index >= 15 is 0 Å². The van der Waals surface area contributed by atoms with Gasteiger partial charge in [0.05, 0.1) is 4.88 Å². The summed E-state index contributed by atoms with van der Waals surface area (Å²) in [4.78, 5) is 12.8. The number of rotatable bonds is 6. The maximum Gasteiger partial charge on any atom is 0.433 e. The van der Waals surface area contributed by atoms with E-state index in [0.29, 0.717) is 12.2 Å². The van der Waals surface area contributed by atoms with E-state index in [1.807, 2.05) is 32.0 Å². The van der Waals surface area contributed by atoms with Crippen LogP contribution in [0.5, 0.6) is 0 Å². The lowest BCUT2D eigenvalue weighted by Gasteiger charge is -2.10. The summed E-state index contributed by atoms with van der Waals surface area (Å²) in [6.45, 7) is 5.52. The van der Waals surface area contributed by atoms with Crippen molar-refractivity contribution >= 4 is 23.0 Å². The van der Waals surface area contributed by atoms with Gasteiger partial charge in [0, 0.05) is 24.6 Å². The number of halogens is 3. The number of hydrogen-bond acceptors (Lipinski definition) is 6. The molecule has 0 aliphatic heterocycles. The number of aryl methyl sites for hydroxylation is 1. The summed E-state index contributed by atoms with van der Waals surface area (Å²) in [7, 11) is 0. The minimum absolute atomic E-state index is 0.0986. The fourth-order valence-electron chi connectivity index (χ4n) is 2.46. The molecule has 9 heteroatoms. The smallest absolute Gasteiger partial charge is 0.324 e. The second kappa shape index (κ2) is 8.01. The SMILES string of the molecule is CCNCc1ncc(-c2cc(C)cc(Nc3nccc(C(F)(F)F)n3)c2)s1. The molecule has 3 aromatic rings. The van der Waals surface area contributed by atoms with Crippen LogP contribution >= 0.6 is 11.3 Å². The summed E-state index contributed by atoms with van der Waals surface area (Å²) < 4.78 is 38.5. The predicted octanol–water partition coefficient (Wildman–Crippen LogP) is 4.78. The van der Waals surface area contributed by atoms with Crippen LogP contribution in [-0.2, 0) is 12.7 Å². The molecule has 2 aromatic heterocycles. The van der Waals surface area contributed by atoms with Crippen LogP contribution in [0.25, 0.3) is 10.4 Å². The molecule has 0 atom stereocenters. The maximum absolute atomic E-state index is 12.8. The Bertz CT molecular complexity index is 923. The van der Waals surface area contributed by atoms with E-state index in [1.165, 1.54) is 0 Å². The van der Waals surface area contributed by atoms with Crippen LogP contribution in [0.15, 0.2) is 36.7 Å². The highest BCUT2D eigenvalue weighted by molar-refractivity contribution is 7.15. The molecule has 1 aromatic carbocycles. The quantitative estimate of drug-likeness (QED) is 0.631. The molecule has 0 spiro atoms. The second-order valence-corrected chi connectivity index (χ2v) is 6.99. The topological polar surface area (TPSA) is 62.7 Å². The number of alkyl halides is 3. The van der Waals surface area contributed by atoms with Crippen LogP contribution in [-0.4, -0.2) is 21.5 Å². The molecule has 2 N–H and O–H groups in total. The number of nitrogens with one attached hydrogen (secondary N) is 2. The average molecular weight is 393 g/mol. The molecule has 0 amide bonds. The normalized spacial score (nSPS) is 11.6. The lowest BCUT2D eigenvalue weighted by atomic mass is 10.1. The third-order valence-corrected chi connectivity index (χ3v) is 4.69. The highest BCUT2D eigenvalue weighted by atomic mass is 32.1. The zero-order valence-corrected chi connectivity index (χ0v) is 15.6. The third kappa shape index (κ3) is 5.01. The molecule has 0 fully saturated rings. The predicted molar refractivity (Wildman–Crippen MR) is 100.0 cm³/mol. The number of hydrogen-bond donors (Lipinski definition) is 2. The van der Waals surface area contributed by atoms with Crippen LogP contribution in [0.4, 0.5) is 24.8 Å². The van der Waals surface area contributed by atoms with Crippen molar-refractivity contribution in [2.45, 2.75) is 26.6 Å². The van der Waals surface area contributed by atoms with E-state index in [1.54, 1.807) is 17.5 Å². The van der Waals surface area contributed by atoms with E-state index in [9.17, 15) is 13.2 Å². The molecule has 2 heterocycles. The molecule has 3 rings (SSSR count). The van der Waals surface area contributed by atoms with Crippen molar-refractivity contribution in [3.63, 3.8) is 0 Å².